The second-order valence-corrected chi connectivity index (χ2v) is 4.55. The van der Waals surface area contributed by atoms with Gasteiger partial charge in [-0.15, -0.1) is 0 Å². The Morgan fingerprint density at radius 1 is 1.09 bits per heavy atom. The SMILES string of the molecule is CCOc1ccc(NC(=O)Oc2ccccc2)cc1C(=O)NC. The molecule has 0 aliphatic heterocycles. The summed E-state index contributed by atoms with van der Waals surface area (Å²) in [5, 5.41) is 5.12. The first-order valence-electron chi connectivity index (χ1n) is 7.17. The minimum absolute atomic E-state index is 0.298. The molecule has 2 amide bonds. The number of hydrogen-bond donors (Lipinski definition) is 2. The summed E-state index contributed by atoms with van der Waals surface area (Å²) in [6.07, 6.45) is -0.636. The molecule has 6 nitrogen and oxygen atoms in total. The van der Waals surface area contributed by atoms with Gasteiger partial charge < -0.3 is 14.8 Å². The molecule has 0 bridgehead atoms. The topological polar surface area (TPSA) is 76.7 Å². The maximum atomic E-state index is 11.9. The molecule has 0 radical (unpaired) electrons. The van der Waals surface area contributed by atoms with Crippen LogP contribution in [0, 0.1) is 0 Å². The van der Waals surface area contributed by atoms with Crippen LogP contribution in [0.15, 0.2) is 48.5 Å². The van der Waals surface area contributed by atoms with Crippen molar-refractivity contribution >= 4 is 17.7 Å². The van der Waals surface area contributed by atoms with E-state index in [2.05, 4.69) is 10.6 Å². The molecule has 0 heterocycles. The Morgan fingerprint density at radius 2 is 1.83 bits per heavy atom. The molecule has 2 N–H and O–H groups in total. The van der Waals surface area contributed by atoms with E-state index in [1.54, 1.807) is 36.4 Å². The molecule has 0 saturated heterocycles. The lowest BCUT2D eigenvalue weighted by Crippen LogP contribution is -2.20. The van der Waals surface area contributed by atoms with E-state index in [4.69, 9.17) is 9.47 Å². The van der Waals surface area contributed by atoms with E-state index >= 15 is 0 Å². The second kappa shape index (κ2) is 7.84. The second-order valence-electron chi connectivity index (χ2n) is 4.55. The predicted octanol–water partition coefficient (Wildman–Crippen LogP) is 3.06. The first-order chi connectivity index (χ1) is 11.1. The van der Waals surface area contributed by atoms with Gasteiger partial charge in [0, 0.05) is 12.7 Å². The Labute approximate surface area is 134 Å². The summed E-state index contributed by atoms with van der Waals surface area (Å²) in [5.41, 5.74) is 0.778. The number of carbonyl (C=O) groups excluding carboxylic acids is 2. The summed E-state index contributed by atoms with van der Waals surface area (Å²) >= 11 is 0. The molecule has 0 aliphatic rings. The van der Waals surface area contributed by atoms with E-state index in [-0.39, 0.29) is 5.91 Å². The van der Waals surface area contributed by atoms with Gasteiger partial charge in [-0.05, 0) is 37.3 Å². The Kier molecular flexibility index (Phi) is 5.57. The summed E-state index contributed by atoms with van der Waals surface area (Å²) in [5.74, 6) is 0.588. The fourth-order valence-corrected chi connectivity index (χ4v) is 1.94. The van der Waals surface area contributed by atoms with Gasteiger partial charge in [-0.2, -0.15) is 0 Å². The highest BCUT2D eigenvalue weighted by molar-refractivity contribution is 5.98. The lowest BCUT2D eigenvalue weighted by Gasteiger charge is -2.12. The van der Waals surface area contributed by atoms with Crippen LogP contribution in [0.5, 0.6) is 11.5 Å². The van der Waals surface area contributed by atoms with Crippen LogP contribution in [0.3, 0.4) is 0 Å². The molecule has 120 valence electrons. The standard InChI is InChI=1S/C17H18N2O4/c1-3-22-15-10-9-12(11-14(15)16(20)18-2)19-17(21)23-13-7-5-4-6-8-13/h4-11H,3H2,1-2H3,(H,18,20)(H,19,21). The molecule has 2 aromatic rings. The average Bonchev–Trinajstić information content (AvgIpc) is 2.56. The van der Waals surface area contributed by atoms with E-state index in [1.807, 2.05) is 13.0 Å². The number of ether oxygens (including phenoxy) is 2. The van der Waals surface area contributed by atoms with Crippen LogP contribution < -0.4 is 20.1 Å². The number of anilines is 1. The van der Waals surface area contributed by atoms with Gasteiger partial charge in [0.25, 0.3) is 5.91 Å². The molecule has 2 aromatic carbocycles. The van der Waals surface area contributed by atoms with Gasteiger partial charge in [-0.25, -0.2) is 4.79 Å². The van der Waals surface area contributed by atoms with Crippen LogP contribution in [0.25, 0.3) is 0 Å². The van der Waals surface area contributed by atoms with Crippen molar-refractivity contribution in [3.8, 4) is 11.5 Å². The van der Waals surface area contributed by atoms with E-state index in [0.29, 0.717) is 29.4 Å². The van der Waals surface area contributed by atoms with E-state index in [1.165, 1.54) is 13.1 Å². The smallest absolute Gasteiger partial charge is 0.417 e. The molecule has 0 saturated carbocycles. The number of nitrogens with one attached hydrogen (secondary N) is 2. The third-order valence-corrected chi connectivity index (χ3v) is 2.95. The summed E-state index contributed by atoms with van der Waals surface area (Å²) < 4.78 is 10.6. The molecule has 0 fully saturated rings. The minimum atomic E-state index is -0.636. The van der Waals surface area contributed by atoms with E-state index in [9.17, 15) is 9.59 Å². The Hall–Kier alpha value is -3.02. The van der Waals surface area contributed by atoms with Gasteiger partial charge in [0.2, 0.25) is 0 Å². The van der Waals surface area contributed by atoms with Crippen molar-refractivity contribution in [2.24, 2.45) is 0 Å². The maximum Gasteiger partial charge on any atom is 0.417 e. The summed E-state index contributed by atoms with van der Waals surface area (Å²) in [7, 11) is 1.53. The fraction of sp³-hybridized carbons (Fsp3) is 0.176. The zero-order valence-electron chi connectivity index (χ0n) is 13.0. The van der Waals surface area contributed by atoms with Gasteiger partial charge in [0.05, 0.1) is 12.2 Å². The molecule has 0 aromatic heterocycles. The van der Waals surface area contributed by atoms with Gasteiger partial charge in [-0.3, -0.25) is 10.1 Å². The third-order valence-electron chi connectivity index (χ3n) is 2.95. The van der Waals surface area contributed by atoms with Crippen LogP contribution >= 0.6 is 0 Å². The molecule has 2 rings (SSSR count). The van der Waals surface area contributed by atoms with Gasteiger partial charge in [0.1, 0.15) is 11.5 Å². The van der Waals surface area contributed by atoms with Gasteiger partial charge in [0.15, 0.2) is 0 Å². The number of rotatable bonds is 5. The zero-order chi connectivity index (χ0) is 16.7. The Bertz CT molecular complexity index is 686. The van der Waals surface area contributed by atoms with Crippen molar-refractivity contribution in [1.29, 1.82) is 0 Å². The lowest BCUT2D eigenvalue weighted by atomic mass is 10.1. The molecular weight excluding hydrogens is 296 g/mol. The average molecular weight is 314 g/mol. The highest BCUT2D eigenvalue weighted by Gasteiger charge is 2.13. The first-order valence-corrected chi connectivity index (χ1v) is 7.17. The molecular formula is C17H18N2O4. The zero-order valence-corrected chi connectivity index (χ0v) is 13.0. The fourth-order valence-electron chi connectivity index (χ4n) is 1.94. The largest absolute Gasteiger partial charge is 0.493 e. The maximum absolute atomic E-state index is 11.9. The Morgan fingerprint density at radius 3 is 2.48 bits per heavy atom. The van der Waals surface area contributed by atoms with Crippen molar-refractivity contribution in [3.05, 3.63) is 54.1 Å². The van der Waals surface area contributed by atoms with E-state index in [0.717, 1.165) is 0 Å². The molecule has 23 heavy (non-hydrogen) atoms. The normalized spacial score (nSPS) is 9.83. The summed E-state index contributed by atoms with van der Waals surface area (Å²) in [4.78, 5) is 23.8. The molecule has 0 aliphatic carbocycles. The predicted molar refractivity (Wildman–Crippen MR) is 87.1 cm³/mol. The monoisotopic (exact) mass is 314 g/mol. The summed E-state index contributed by atoms with van der Waals surface area (Å²) in [6, 6.07) is 13.5. The number of benzene rings is 2. The summed E-state index contributed by atoms with van der Waals surface area (Å²) in [6.45, 7) is 2.27. The first kappa shape index (κ1) is 16.4. The molecule has 0 unspecified atom stereocenters. The van der Waals surface area contributed by atoms with Crippen LogP contribution in [0.1, 0.15) is 17.3 Å². The Balaban J connectivity index is 2.13. The molecule has 6 heteroatoms. The van der Waals surface area contributed by atoms with Crippen molar-refractivity contribution in [1.82, 2.24) is 5.32 Å². The van der Waals surface area contributed by atoms with Crippen molar-refractivity contribution in [2.75, 3.05) is 19.0 Å². The molecule has 0 spiro atoms. The molecule has 0 atom stereocenters. The van der Waals surface area contributed by atoms with E-state index < -0.39 is 6.09 Å². The van der Waals surface area contributed by atoms with Crippen molar-refractivity contribution in [3.63, 3.8) is 0 Å². The quantitative estimate of drug-likeness (QED) is 0.889. The number of amides is 2. The highest BCUT2D eigenvalue weighted by Crippen LogP contribution is 2.23. The van der Waals surface area contributed by atoms with Crippen LogP contribution in [-0.4, -0.2) is 25.7 Å². The minimum Gasteiger partial charge on any atom is -0.493 e. The highest BCUT2D eigenvalue weighted by atomic mass is 16.6. The number of carbonyl (C=O) groups is 2. The van der Waals surface area contributed by atoms with Crippen molar-refractivity contribution in [2.45, 2.75) is 6.92 Å². The van der Waals surface area contributed by atoms with Crippen LogP contribution in [-0.2, 0) is 0 Å². The van der Waals surface area contributed by atoms with Gasteiger partial charge >= 0.3 is 6.09 Å². The third kappa shape index (κ3) is 4.47. The van der Waals surface area contributed by atoms with Crippen LogP contribution in [0.2, 0.25) is 0 Å². The number of para-hydroxylation sites is 1. The van der Waals surface area contributed by atoms with Gasteiger partial charge in [-0.1, -0.05) is 18.2 Å². The van der Waals surface area contributed by atoms with Crippen molar-refractivity contribution < 1.29 is 19.1 Å². The van der Waals surface area contributed by atoms with Crippen LogP contribution in [0.4, 0.5) is 10.5 Å². The lowest BCUT2D eigenvalue weighted by molar-refractivity contribution is 0.0959. The number of hydrogen-bond acceptors (Lipinski definition) is 4.